The van der Waals surface area contributed by atoms with Crippen LogP contribution in [0, 0.1) is 45.8 Å². The lowest BCUT2D eigenvalue weighted by molar-refractivity contribution is -0.122. The average molecular weight is 514 g/mol. The lowest BCUT2D eigenvalue weighted by atomic mass is 9.43. The highest BCUT2D eigenvalue weighted by Crippen LogP contribution is 2.70. The maximum Gasteiger partial charge on any atom is 0.155 e. The second kappa shape index (κ2) is 8.99. The Labute approximate surface area is 230 Å². The molecule has 0 unspecified atom stereocenters. The van der Waals surface area contributed by atoms with Gasteiger partial charge in [0, 0.05) is 36.0 Å². The Bertz CT molecular complexity index is 1190. The third kappa shape index (κ3) is 4.09. The number of ketones is 1. The molecule has 3 heteroatoms. The van der Waals surface area contributed by atoms with Gasteiger partial charge in [-0.25, -0.2) is 0 Å². The summed E-state index contributed by atoms with van der Waals surface area (Å²) in [6.07, 6.45) is 11.2. The first kappa shape index (κ1) is 26.2. The molecule has 1 N–H and O–H groups in total. The first-order valence-electron chi connectivity index (χ1n) is 15.3. The van der Waals surface area contributed by atoms with E-state index in [4.69, 9.17) is 0 Å². The molecule has 6 rings (SSSR count). The summed E-state index contributed by atoms with van der Waals surface area (Å²) in [6.45, 7) is 13.6. The highest BCUT2D eigenvalue weighted by molar-refractivity contribution is 5.91. The Kier molecular flexibility index (Phi) is 6.19. The normalized spacial score (nSPS) is 40.5. The largest absolute Gasteiger partial charge is 0.377 e. The molecule has 38 heavy (non-hydrogen) atoms. The zero-order chi connectivity index (χ0) is 26.9. The summed E-state index contributed by atoms with van der Waals surface area (Å²) in [4.78, 5) is 15.0. The van der Waals surface area contributed by atoms with Crippen LogP contribution in [0.5, 0.6) is 0 Å². The molecule has 4 fully saturated rings. The molecular formula is C35H47NO2. The van der Waals surface area contributed by atoms with Crippen LogP contribution >= 0.6 is 0 Å². The van der Waals surface area contributed by atoms with Gasteiger partial charge in [0.25, 0.3) is 0 Å². The Hall–Kier alpha value is -2.05. The summed E-state index contributed by atoms with van der Waals surface area (Å²) < 4.78 is 0. The molecule has 204 valence electrons. The minimum Gasteiger partial charge on any atom is -0.377 e. The summed E-state index contributed by atoms with van der Waals surface area (Å²) >= 11 is 0. The standard InChI is InChI=1S/C35H47NO2/c1-32(2,3)18-19-35(38)17-15-30-28-13-10-25-22-27(37)14-16-33(25,4)31(28)29(23-34(30,35)5)24-8-11-26(12-9-24)36-20-6-7-21-36/h8-9,11-12,22,28-31,38H,6-7,10,13-17,20-21,23H2,1-5H3/t28-,29+,30-,31+,33-,34-,35+/m0/s1. The van der Waals surface area contributed by atoms with Crippen molar-refractivity contribution in [2.75, 3.05) is 18.0 Å². The van der Waals surface area contributed by atoms with Crippen molar-refractivity contribution >= 4 is 11.5 Å². The number of aliphatic hydroxyl groups is 1. The number of rotatable bonds is 2. The molecule has 1 aromatic rings. The topological polar surface area (TPSA) is 40.5 Å². The number of hydrogen-bond donors (Lipinski definition) is 1. The van der Waals surface area contributed by atoms with E-state index in [0.29, 0.717) is 35.9 Å². The van der Waals surface area contributed by atoms with Crippen LogP contribution in [0.25, 0.3) is 0 Å². The first-order chi connectivity index (χ1) is 17.9. The highest BCUT2D eigenvalue weighted by Gasteiger charge is 2.66. The van der Waals surface area contributed by atoms with Crippen LogP contribution in [0.2, 0.25) is 0 Å². The second-order valence-corrected chi connectivity index (χ2v) is 14.8. The summed E-state index contributed by atoms with van der Waals surface area (Å²) in [5.41, 5.74) is 2.93. The van der Waals surface area contributed by atoms with Gasteiger partial charge in [-0.2, -0.15) is 0 Å². The molecule has 0 radical (unpaired) electrons. The predicted molar refractivity (Wildman–Crippen MR) is 155 cm³/mol. The molecule has 4 aliphatic carbocycles. The number of carbonyl (C=O) groups is 1. The van der Waals surface area contributed by atoms with E-state index in [1.807, 2.05) is 6.08 Å². The molecular weight excluding hydrogens is 466 g/mol. The maximum atomic E-state index is 12.5. The van der Waals surface area contributed by atoms with Gasteiger partial charge in [0.05, 0.1) is 0 Å². The van der Waals surface area contributed by atoms with Crippen molar-refractivity contribution in [2.45, 2.75) is 104 Å². The van der Waals surface area contributed by atoms with E-state index in [2.05, 4.69) is 75.6 Å². The second-order valence-electron chi connectivity index (χ2n) is 14.8. The molecule has 3 saturated carbocycles. The number of hydrogen-bond acceptors (Lipinski definition) is 3. The number of fused-ring (bicyclic) bond motifs is 5. The lowest BCUT2D eigenvalue weighted by Crippen LogP contribution is -2.57. The minimum absolute atomic E-state index is 0.0637. The fraction of sp³-hybridized carbons (Fsp3) is 0.686. The predicted octanol–water partition coefficient (Wildman–Crippen LogP) is 7.29. The monoisotopic (exact) mass is 513 g/mol. The maximum absolute atomic E-state index is 12.5. The molecule has 1 saturated heterocycles. The van der Waals surface area contributed by atoms with Gasteiger partial charge in [0.2, 0.25) is 0 Å². The van der Waals surface area contributed by atoms with Gasteiger partial charge in [-0.15, -0.1) is 0 Å². The first-order valence-corrected chi connectivity index (χ1v) is 15.3. The number of carbonyl (C=O) groups excluding carboxylic acids is 1. The van der Waals surface area contributed by atoms with Gasteiger partial charge >= 0.3 is 0 Å². The van der Waals surface area contributed by atoms with Crippen molar-refractivity contribution in [2.24, 2.45) is 34.0 Å². The van der Waals surface area contributed by atoms with Crippen LogP contribution in [-0.4, -0.2) is 29.6 Å². The molecule has 0 spiro atoms. The summed E-state index contributed by atoms with van der Waals surface area (Å²) in [7, 11) is 0. The molecule has 1 aliphatic heterocycles. The molecule has 7 atom stereocenters. The van der Waals surface area contributed by atoms with Gasteiger partial charge in [-0.3, -0.25) is 4.79 Å². The Morgan fingerprint density at radius 1 is 1.00 bits per heavy atom. The van der Waals surface area contributed by atoms with Gasteiger partial charge < -0.3 is 10.0 Å². The Morgan fingerprint density at radius 3 is 2.39 bits per heavy atom. The third-order valence-electron chi connectivity index (χ3n) is 11.5. The Morgan fingerprint density at radius 2 is 1.71 bits per heavy atom. The SMILES string of the molecule is CC(C)(C)C#C[C@]1(O)CC[C@H]2[C@@H]3CCC4=CC(=O)CC[C@]4(C)[C@H]3[C@@H](c3ccc(N4CCCC4)cc3)C[C@@]21C. The van der Waals surface area contributed by atoms with Crippen LogP contribution in [0.3, 0.4) is 0 Å². The van der Waals surface area contributed by atoms with E-state index in [1.54, 1.807) is 0 Å². The van der Waals surface area contributed by atoms with E-state index in [0.717, 1.165) is 51.6 Å². The molecule has 0 aromatic heterocycles. The Balaban J connectivity index is 1.44. The number of anilines is 1. The summed E-state index contributed by atoms with van der Waals surface area (Å²) in [5.74, 6) is 9.11. The summed E-state index contributed by atoms with van der Waals surface area (Å²) in [5, 5.41) is 12.2. The van der Waals surface area contributed by atoms with Crippen molar-refractivity contribution in [3.8, 4) is 11.8 Å². The van der Waals surface area contributed by atoms with E-state index < -0.39 is 5.60 Å². The third-order valence-corrected chi connectivity index (χ3v) is 11.5. The fourth-order valence-electron chi connectivity index (χ4n) is 9.48. The zero-order valence-corrected chi connectivity index (χ0v) is 24.3. The molecule has 5 aliphatic rings. The van der Waals surface area contributed by atoms with E-state index in [-0.39, 0.29) is 16.2 Å². The zero-order valence-electron chi connectivity index (χ0n) is 24.3. The molecule has 3 nitrogen and oxygen atoms in total. The lowest BCUT2D eigenvalue weighted by Gasteiger charge is -2.61. The molecule has 0 bridgehead atoms. The molecule has 1 heterocycles. The number of benzene rings is 1. The number of allylic oxidation sites excluding steroid dienone is 1. The van der Waals surface area contributed by atoms with Gasteiger partial charge in [0.1, 0.15) is 5.60 Å². The van der Waals surface area contributed by atoms with E-state index in [1.165, 1.54) is 29.7 Å². The quantitative estimate of drug-likeness (QED) is 0.422. The van der Waals surface area contributed by atoms with Crippen molar-refractivity contribution in [1.29, 1.82) is 0 Å². The van der Waals surface area contributed by atoms with Crippen molar-refractivity contribution in [3.05, 3.63) is 41.5 Å². The van der Waals surface area contributed by atoms with Gasteiger partial charge in [0.15, 0.2) is 5.78 Å². The van der Waals surface area contributed by atoms with Crippen LogP contribution < -0.4 is 4.90 Å². The van der Waals surface area contributed by atoms with Gasteiger partial charge in [-0.1, -0.05) is 43.4 Å². The van der Waals surface area contributed by atoms with Crippen LogP contribution in [0.1, 0.15) is 104 Å². The summed E-state index contributed by atoms with van der Waals surface area (Å²) in [6, 6.07) is 9.47. The van der Waals surface area contributed by atoms with Crippen molar-refractivity contribution in [1.82, 2.24) is 0 Å². The van der Waals surface area contributed by atoms with Crippen molar-refractivity contribution < 1.29 is 9.90 Å². The molecule has 1 aromatic carbocycles. The smallest absolute Gasteiger partial charge is 0.155 e. The average Bonchev–Trinajstić information content (AvgIpc) is 3.50. The minimum atomic E-state index is -0.941. The number of nitrogens with zero attached hydrogens (tertiary/aromatic N) is 1. The van der Waals surface area contributed by atoms with Crippen LogP contribution in [0.15, 0.2) is 35.9 Å². The van der Waals surface area contributed by atoms with Crippen LogP contribution in [-0.2, 0) is 4.79 Å². The van der Waals surface area contributed by atoms with Gasteiger partial charge in [-0.05, 0) is 125 Å². The fourth-order valence-corrected chi connectivity index (χ4v) is 9.48. The van der Waals surface area contributed by atoms with Crippen LogP contribution in [0.4, 0.5) is 5.69 Å². The van der Waals surface area contributed by atoms with E-state index in [9.17, 15) is 9.90 Å². The van der Waals surface area contributed by atoms with Crippen molar-refractivity contribution in [3.63, 3.8) is 0 Å². The molecule has 0 amide bonds. The van der Waals surface area contributed by atoms with E-state index >= 15 is 0 Å². The highest BCUT2D eigenvalue weighted by atomic mass is 16.3.